The fourth-order valence-corrected chi connectivity index (χ4v) is 11.1. The average Bonchev–Trinajstić information content (AvgIpc) is 3.38. The molecule has 2 nitrogen and oxygen atoms in total. The zero-order valence-corrected chi connectivity index (χ0v) is 40.2. The van der Waals surface area contributed by atoms with Gasteiger partial charge in [0.05, 0.1) is 28.4 Å². The normalized spacial score (nSPS) is 11.8. The van der Waals surface area contributed by atoms with Crippen molar-refractivity contribution in [2.75, 3.05) is 9.80 Å². The van der Waals surface area contributed by atoms with E-state index in [9.17, 15) is 0 Å². The Morgan fingerprint density at radius 1 is 0.333 bits per heavy atom. The molecule has 332 valence electrons. The zero-order valence-electron chi connectivity index (χ0n) is 40.2. The molecule has 69 heavy (non-hydrogen) atoms. The molecule has 0 radical (unpaired) electrons. The van der Waals surface area contributed by atoms with Crippen molar-refractivity contribution in [2.45, 2.75) is 47.5 Å². The van der Waals surface area contributed by atoms with Crippen molar-refractivity contribution in [3.05, 3.63) is 240 Å². The van der Waals surface area contributed by atoms with Crippen LogP contribution in [0.1, 0.15) is 47.6 Å². The highest BCUT2D eigenvalue weighted by Crippen LogP contribution is 2.53. The minimum atomic E-state index is 0.266. The molecule has 12 aromatic carbocycles. The SMILES string of the molecule is Cc1ccc2ccc(C)c(N(c3ccccc3-c3ccccc3)c3ccc4ccc5c(N(c6ccc(-c7ccccc7)cc6)c6c(C)ccc7ccc(C)cc67)cc(C(C)C)c6ccc3c4c65)c2c1. The molecule has 12 rings (SSSR count). The Balaban J connectivity index is 1.18. The van der Waals surface area contributed by atoms with Gasteiger partial charge in [-0.1, -0.05) is 195 Å². The van der Waals surface area contributed by atoms with Crippen molar-refractivity contribution in [1.29, 1.82) is 0 Å². The van der Waals surface area contributed by atoms with E-state index in [1.54, 1.807) is 0 Å². The molecule has 0 saturated heterocycles. The second-order valence-electron chi connectivity index (χ2n) is 19.3. The van der Waals surface area contributed by atoms with Crippen LogP contribution in [0.3, 0.4) is 0 Å². The first kappa shape index (κ1) is 42.2. The number of rotatable bonds is 9. The molecule has 12 aromatic rings. The zero-order chi connectivity index (χ0) is 46.9. The van der Waals surface area contributed by atoms with Gasteiger partial charge in [0.2, 0.25) is 0 Å². The number of hydrogen-bond acceptors (Lipinski definition) is 2. The molecular weight excluding hydrogens is 833 g/mol. The van der Waals surface area contributed by atoms with Crippen LogP contribution in [0.5, 0.6) is 0 Å². The lowest BCUT2D eigenvalue weighted by atomic mass is 9.86. The molecule has 0 saturated carbocycles. The highest BCUT2D eigenvalue weighted by atomic mass is 15.2. The van der Waals surface area contributed by atoms with E-state index in [0.717, 1.165) is 17.1 Å². The Labute approximate surface area is 405 Å². The largest absolute Gasteiger partial charge is 0.309 e. The first-order valence-corrected chi connectivity index (χ1v) is 24.4. The molecule has 0 unspecified atom stereocenters. The summed E-state index contributed by atoms with van der Waals surface area (Å²) in [5.41, 5.74) is 18.1. The minimum absolute atomic E-state index is 0.266. The van der Waals surface area contributed by atoms with Crippen LogP contribution < -0.4 is 9.80 Å². The summed E-state index contributed by atoms with van der Waals surface area (Å²) in [7, 11) is 0. The summed E-state index contributed by atoms with van der Waals surface area (Å²) in [4.78, 5) is 5.13. The summed E-state index contributed by atoms with van der Waals surface area (Å²) in [6, 6.07) is 79.4. The third-order valence-corrected chi connectivity index (χ3v) is 14.5. The number of fused-ring (bicyclic) bond motifs is 2. The van der Waals surface area contributed by atoms with Crippen LogP contribution in [-0.2, 0) is 0 Å². The molecular formula is C67H54N2. The van der Waals surface area contributed by atoms with Gasteiger partial charge in [0.1, 0.15) is 0 Å². The van der Waals surface area contributed by atoms with Crippen molar-refractivity contribution < 1.29 is 0 Å². The summed E-state index contributed by atoms with van der Waals surface area (Å²) in [6.45, 7) is 13.6. The van der Waals surface area contributed by atoms with E-state index in [1.807, 2.05) is 0 Å². The van der Waals surface area contributed by atoms with Crippen LogP contribution >= 0.6 is 0 Å². The van der Waals surface area contributed by atoms with Crippen LogP contribution in [0.15, 0.2) is 212 Å². The highest BCUT2D eigenvalue weighted by molar-refractivity contribution is 6.29. The van der Waals surface area contributed by atoms with Gasteiger partial charge < -0.3 is 9.80 Å². The highest BCUT2D eigenvalue weighted by Gasteiger charge is 2.27. The maximum Gasteiger partial charge on any atom is 0.0569 e. The molecule has 0 N–H and O–H groups in total. The minimum Gasteiger partial charge on any atom is -0.309 e. The molecule has 0 heterocycles. The van der Waals surface area contributed by atoms with E-state index in [0.29, 0.717) is 0 Å². The average molecular weight is 887 g/mol. The van der Waals surface area contributed by atoms with Gasteiger partial charge in [0, 0.05) is 32.8 Å². The lowest BCUT2D eigenvalue weighted by Crippen LogP contribution is -2.14. The molecule has 0 aliphatic heterocycles. The second-order valence-corrected chi connectivity index (χ2v) is 19.3. The van der Waals surface area contributed by atoms with Crippen LogP contribution in [-0.4, -0.2) is 0 Å². The summed E-state index contributed by atoms with van der Waals surface area (Å²) in [6.07, 6.45) is 0. The Kier molecular flexibility index (Phi) is 10.3. The molecule has 0 aromatic heterocycles. The van der Waals surface area contributed by atoms with Gasteiger partial charge in [-0.2, -0.15) is 0 Å². The number of anilines is 6. The Morgan fingerprint density at radius 3 is 1.49 bits per heavy atom. The van der Waals surface area contributed by atoms with Crippen molar-refractivity contribution in [3.8, 4) is 22.3 Å². The summed E-state index contributed by atoms with van der Waals surface area (Å²) < 4.78 is 0. The van der Waals surface area contributed by atoms with Crippen LogP contribution in [0.4, 0.5) is 34.1 Å². The first-order chi connectivity index (χ1) is 33.7. The fourth-order valence-electron chi connectivity index (χ4n) is 11.1. The smallest absolute Gasteiger partial charge is 0.0569 e. The van der Waals surface area contributed by atoms with Gasteiger partial charge in [-0.3, -0.25) is 0 Å². The van der Waals surface area contributed by atoms with Crippen LogP contribution in [0, 0.1) is 27.7 Å². The third kappa shape index (κ3) is 7.10. The lowest BCUT2D eigenvalue weighted by molar-refractivity contribution is 0.876. The molecule has 0 aliphatic carbocycles. The van der Waals surface area contributed by atoms with Gasteiger partial charge in [0.15, 0.2) is 0 Å². The van der Waals surface area contributed by atoms with Crippen LogP contribution in [0.2, 0.25) is 0 Å². The Bertz CT molecular complexity index is 3890. The van der Waals surface area contributed by atoms with E-state index in [-0.39, 0.29) is 5.92 Å². The summed E-state index contributed by atoms with van der Waals surface area (Å²) in [5.74, 6) is 0.266. The molecule has 0 amide bonds. The Morgan fingerprint density at radius 2 is 0.841 bits per heavy atom. The maximum absolute atomic E-state index is 2.57. The standard InChI is InChI=1S/C67H54N2/c1-42(2)58-41-63(68(53-33-29-48(30-34-53)47-15-9-7-10-16-47)66-45(5)23-27-50-25-21-43(3)39-59(50)66)57-35-31-52-32-38-62(56-37-36-55(58)65(57)64(52)56)69(61-20-14-13-19-54(61)49-17-11-8-12-18-49)67-46(6)24-28-51-26-22-44(4)40-60(51)67/h7-42H,1-6H3. The predicted molar refractivity (Wildman–Crippen MR) is 298 cm³/mol. The number of aryl methyl sites for hydroxylation is 4. The molecule has 0 spiro atoms. The van der Waals surface area contributed by atoms with E-state index in [4.69, 9.17) is 0 Å². The van der Waals surface area contributed by atoms with Gasteiger partial charge >= 0.3 is 0 Å². The molecule has 0 aliphatic rings. The predicted octanol–water partition coefficient (Wildman–Crippen LogP) is 19.5. The molecule has 0 atom stereocenters. The molecule has 0 fully saturated rings. The number of benzene rings is 12. The van der Waals surface area contributed by atoms with Gasteiger partial charge in [-0.05, 0) is 142 Å². The second kappa shape index (κ2) is 16.8. The van der Waals surface area contributed by atoms with E-state index >= 15 is 0 Å². The van der Waals surface area contributed by atoms with E-state index in [1.165, 1.54) is 121 Å². The van der Waals surface area contributed by atoms with Gasteiger partial charge in [0.25, 0.3) is 0 Å². The van der Waals surface area contributed by atoms with Crippen molar-refractivity contribution in [3.63, 3.8) is 0 Å². The van der Waals surface area contributed by atoms with Crippen molar-refractivity contribution in [2.24, 2.45) is 0 Å². The third-order valence-electron chi connectivity index (χ3n) is 14.5. The number of nitrogens with zero attached hydrogens (tertiary/aromatic N) is 2. The monoisotopic (exact) mass is 886 g/mol. The maximum atomic E-state index is 2.57. The number of hydrogen-bond donors (Lipinski definition) is 0. The van der Waals surface area contributed by atoms with E-state index in [2.05, 4.69) is 264 Å². The van der Waals surface area contributed by atoms with Gasteiger partial charge in [-0.15, -0.1) is 0 Å². The van der Waals surface area contributed by atoms with Crippen molar-refractivity contribution >= 4 is 88.0 Å². The quantitative estimate of drug-likeness (QED) is 0.133. The lowest BCUT2D eigenvalue weighted by Gasteiger charge is -2.33. The summed E-state index contributed by atoms with van der Waals surface area (Å²) >= 11 is 0. The van der Waals surface area contributed by atoms with Gasteiger partial charge in [-0.25, -0.2) is 0 Å². The van der Waals surface area contributed by atoms with Crippen molar-refractivity contribution in [1.82, 2.24) is 0 Å². The summed E-state index contributed by atoms with van der Waals surface area (Å²) in [5, 5.41) is 12.5. The molecule has 0 bridgehead atoms. The first-order valence-electron chi connectivity index (χ1n) is 24.4. The Hall–Kier alpha value is -8.20. The topological polar surface area (TPSA) is 6.48 Å². The van der Waals surface area contributed by atoms with E-state index < -0.39 is 0 Å². The number of para-hydroxylation sites is 1. The molecule has 2 heteroatoms. The van der Waals surface area contributed by atoms with Crippen LogP contribution in [0.25, 0.3) is 76.1 Å². The fraction of sp³-hybridized carbons (Fsp3) is 0.104.